The van der Waals surface area contributed by atoms with Crippen LogP contribution in [0.25, 0.3) is 0 Å². The van der Waals surface area contributed by atoms with Gasteiger partial charge in [-0.15, -0.1) is 11.3 Å². The van der Waals surface area contributed by atoms with Crippen LogP contribution in [0.5, 0.6) is 0 Å². The van der Waals surface area contributed by atoms with E-state index in [1.165, 1.54) is 0 Å². The Morgan fingerprint density at radius 2 is 2.13 bits per heavy atom. The summed E-state index contributed by atoms with van der Waals surface area (Å²) in [7, 11) is 5.73. The third kappa shape index (κ3) is 4.84. The second-order valence-corrected chi connectivity index (χ2v) is 6.57. The van der Waals surface area contributed by atoms with Crippen molar-refractivity contribution in [3.05, 3.63) is 45.9 Å². The van der Waals surface area contributed by atoms with Gasteiger partial charge in [0.15, 0.2) is 11.1 Å². The minimum Gasteiger partial charge on any atom is -0.354 e. The first-order valence-corrected chi connectivity index (χ1v) is 8.60. The zero-order valence-electron chi connectivity index (χ0n) is 13.8. The molecule has 1 atom stereocenters. The van der Waals surface area contributed by atoms with Gasteiger partial charge in [0.1, 0.15) is 0 Å². The summed E-state index contributed by atoms with van der Waals surface area (Å²) in [6.07, 6.45) is 0. The van der Waals surface area contributed by atoms with E-state index in [4.69, 9.17) is 11.6 Å². The number of hydrogen-bond acceptors (Lipinski definition) is 4. The van der Waals surface area contributed by atoms with Gasteiger partial charge in [0.2, 0.25) is 0 Å². The number of aliphatic imine (C=N–C) groups is 1. The molecule has 0 saturated heterocycles. The summed E-state index contributed by atoms with van der Waals surface area (Å²) in [6.45, 7) is 2.68. The van der Waals surface area contributed by atoms with Crippen LogP contribution in [-0.4, -0.2) is 32.1 Å². The molecule has 0 spiro atoms. The number of guanidine groups is 1. The molecule has 0 amide bonds. The van der Waals surface area contributed by atoms with Crippen molar-refractivity contribution in [3.63, 3.8) is 0 Å². The Bertz CT molecular complexity index is 668. The molecule has 0 fully saturated rings. The number of nitrogens with one attached hydrogen (secondary N) is 2. The molecule has 124 valence electrons. The van der Waals surface area contributed by atoms with E-state index in [0.717, 1.165) is 27.4 Å². The number of rotatable bonds is 5. The first-order chi connectivity index (χ1) is 11.0. The van der Waals surface area contributed by atoms with Crippen molar-refractivity contribution in [2.45, 2.75) is 19.5 Å². The van der Waals surface area contributed by atoms with Gasteiger partial charge in [-0.3, -0.25) is 4.99 Å². The van der Waals surface area contributed by atoms with Gasteiger partial charge in [-0.2, -0.15) is 0 Å². The fraction of sp³-hybridized carbons (Fsp3) is 0.375. The van der Waals surface area contributed by atoms with E-state index in [1.807, 2.05) is 48.6 Å². The zero-order chi connectivity index (χ0) is 16.8. The average Bonchev–Trinajstić information content (AvgIpc) is 3.00. The third-order valence-electron chi connectivity index (χ3n) is 3.31. The van der Waals surface area contributed by atoms with Gasteiger partial charge in [-0.25, -0.2) is 4.98 Å². The number of hydrogen-bond donors (Lipinski definition) is 2. The van der Waals surface area contributed by atoms with Crippen LogP contribution >= 0.6 is 22.9 Å². The lowest BCUT2D eigenvalue weighted by Crippen LogP contribution is -2.38. The molecule has 1 aromatic heterocycles. The molecule has 1 aromatic carbocycles. The Hall–Kier alpha value is -1.79. The SMILES string of the molecule is CN=C(NCc1csc(N(C)C)n1)NC(C)c1ccccc1Cl. The van der Waals surface area contributed by atoms with Gasteiger partial charge >= 0.3 is 0 Å². The Morgan fingerprint density at radius 3 is 2.74 bits per heavy atom. The Morgan fingerprint density at radius 1 is 1.39 bits per heavy atom. The molecule has 0 saturated carbocycles. The van der Waals surface area contributed by atoms with Crippen molar-refractivity contribution in [1.29, 1.82) is 0 Å². The lowest BCUT2D eigenvalue weighted by molar-refractivity contribution is 0.683. The van der Waals surface area contributed by atoms with Crippen LogP contribution in [0.1, 0.15) is 24.2 Å². The molecular weight excluding hydrogens is 330 g/mol. The molecule has 7 heteroatoms. The Labute approximate surface area is 146 Å². The maximum atomic E-state index is 6.24. The van der Waals surface area contributed by atoms with E-state index in [-0.39, 0.29) is 6.04 Å². The summed E-state index contributed by atoms with van der Waals surface area (Å²) in [6, 6.07) is 7.87. The van der Waals surface area contributed by atoms with E-state index in [2.05, 4.69) is 27.5 Å². The van der Waals surface area contributed by atoms with Gasteiger partial charge in [-0.05, 0) is 18.6 Å². The largest absolute Gasteiger partial charge is 0.354 e. The standard InChI is InChI=1S/C16H22ClN5S/c1-11(13-7-5-6-8-14(13)17)20-15(18-2)19-9-12-10-23-16(21-12)22(3)4/h5-8,10-11H,9H2,1-4H3,(H2,18,19,20). The third-order valence-corrected chi connectivity index (χ3v) is 4.71. The smallest absolute Gasteiger partial charge is 0.191 e. The number of thiazole rings is 1. The topological polar surface area (TPSA) is 52.6 Å². The van der Waals surface area contributed by atoms with E-state index in [1.54, 1.807) is 18.4 Å². The van der Waals surface area contributed by atoms with Crippen LogP contribution < -0.4 is 15.5 Å². The number of aromatic nitrogens is 1. The first-order valence-electron chi connectivity index (χ1n) is 7.34. The highest BCUT2D eigenvalue weighted by Gasteiger charge is 2.11. The summed E-state index contributed by atoms with van der Waals surface area (Å²) in [4.78, 5) is 10.8. The number of halogens is 1. The molecule has 5 nitrogen and oxygen atoms in total. The van der Waals surface area contributed by atoms with Crippen LogP contribution in [0, 0.1) is 0 Å². The summed E-state index contributed by atoms with van der Waals surface area (Å²) in [5.41, 5.74) is 2.03. The molecular formula is C16H22ClN5S. The molecule has 2 N–H and O–H groups in total. The highest BCUT2D eigenvalue weighted by molar-refractivity contribution is 7.13. The summed E-state index contributed by atoms with van der Waals surface area (Å²) < 4.78 is 0. The predicted octanol–water partition coefficient (Wildman–Crippen LogP) is 3.29. The van der Waals surface area contributed by atoms with Crippen molar-refractivity contribution in [3.8, 4) is 0 Å². The molecule has 1 unspecified atom stereocenters. The van der Waals surface area contributed by atoms with Crippen molar-refractivity contribution in [2.75, 3.05) is 26.0 Å². The van der Waals surface area contributed by atoms with Crippen molar-refractivity contribution in [2.24, 2.45) is 4.99 Å². The molecule has 0 aliphatic rings. The summed E-state index contributed by atoms with van der Waals surface area (Å²) >= 11 is 7.86. The normalized spacial score (nSPS) is 12.8. The fourth-order valence-electron chi connectivity index (χ4n) is 2.06. The molecule has 0 aliphatic heterocycles. The second-order valence-electron chi connectivity index (χ2n) is 5.33. The molecule has 23 heavy (non-hydrogen) atoms. The fourth-order valence-corrected chi connectivity index (χ4v) is 3.12. The van der Waals surface area contributed by atoms with E-state index in [9.17, 15) is 0 Å². The first kappa shape index (κ1) is 17.6. The van der Waals surface area contributed by atoms with Gasteiger partial charge < -0.3 is 15.5 Å². The minimum absolute atomic E-state index is 0.0580. The van der Waals surface area contributed by atoms with Gasteiger partial charge in [-0.1, -0.05) is 29.8 Å². The van der Waals surface area contributed by atoms with E-state index < -0.39 is 0 Å². The lowest BCUT2D eigenvalue weighted by Gasteiger charge is -2.19. The highest BCUT2D eigenvalue weighted by atomic mass is 35.5. The second kappa shape index (κ2) is 8.17. The van der Waals surface area contributed by atoms with Crippen LogP contribution in [0.2, 0.25) is 5.02 Å². The van der Waals surface area contributed by atoms with Crippen LogP contribution in [-0.2, 0) is 6.54 Å². The summed E-state index contributed by atoms with van der Waals surface area (Å²) in [5, 5.41) is 10.4. The van der Waals surface area contributed by atoms with Crippen molar-refractivity contribution >= 4 is 34.0 Å². The van der Waals surface area contributed by atoms with Gasteiger partial charge in [0.05, 0.1) is 18.3 Å². The number of nitrogens with zero attached hydrogens (tertiary/aromatic N) is 3. The minimum atomic E-state index is 0.0580. The summed E-state index contributed by atoms with van der Waals surface area (Å²) in [5.74, 6) is 0.719. The van der Waals surface area contributed by atoms with Crippen molar-refractivity contribution < 1.29 is 0 Å². The maximum Gasteiger partial charge on any atom is 0.191 e. The van der Waals surface area contributed by atoms with Crippen LogP contribution in [0.4, 0.5) is 5.13 Å². The average molecular weight is 352 g/mol. The van der Waals surface area contributed by atoms with Gasteiger partial charge in [0.25, 0.3) is 0 Å². The van der Waals surface area contributed by atoms with E-state index in [0.29, 0.717) is 6.54 Å². The van der Waals surface area contributed by atoms with Crippen molar-refractivity contribution in [1.82, 2.24) is 15.6 Å². The quantitative estimate of drug-likeness (QED) is 0.641. The van der Waals surface area contributed by atoms with E-state index >= 15 is 0 Å². The molecule has 2 rings (SSSR count). The molecule has 1 heterocycles. The number of benzene rings is 1. The molecule has 0 bridgehead atoms. The highest BCUT2D eigenvalue weighted by Crippen LogP contribution is 2.22. The molecule has 2 aromatic rings. The lowest BCUT2D eigenvalue weighted by atomic mass is 10.1. The monoisotopic (exact) mass is 351 g/mol. The van der Waals surface area contributed by atoms with Gasteiger partial charge in [0, 0.05) is 31.5 Å². The Kier molecular flexibility index (Phi) is 6.24. The number of anilines is 1. The Balaban J connectivity index is 1.94. The molecule has 0 radical (unpaired) electrons. The van der Waals surface area contributed by atoms with Crippen LogP contribution in [0.3, 0.4) is 0 Å². The van der Waals surface area contributed by atoms with Crippen LogP contribution in [0.15, 0.2) is 34.6 Å². The predicted molar refractivity (Wildman–Crippen MR) is 99.6 cm³/mol. The molecule has 0 aliphatic carbocycles. The zero-order valence-corrected chi connectivity index (χ0v) is 15.4. The maximum absolute atomic E-state index is 6.24.